The molecule has 0 radical (unpaired) electrons. The number of likely N-dealkylation sites (N-methyl/N-ethyl adjacent to an activating group) is 1. The van der Waals surface area contributed by atoms with Crippen molar-refractivity contribution in [1.29, 1.82) is 0 Å². The normalized spacial score (nSPS) is 13.5. The van der Waals surface area contributed by atoms with E-state index in [2.05, 4.69) is 43.4 Å². The summed E-state index contributed by atoms with van der Waals surface area (Å²) >= 11 is 6.30. The first-order chi connectivity index (χ1) is 15.8. The van der Waals surface area contributed by atoms with E-state index in [4.69, 9.17) is 16.3 Å². The summed E-state index contributed by atoms with van der Waals surface area (Å²) in [7, 11) is 3.72. The number of rotatable bonds is 7. The standard InChI is InChI=1S/C23H24ClF2N5O2/c1-13-8-16(33-22(25)26)4-5-18(13)28-21-17(24)11-27-23(30-21)29-19-9-15-12-31(2)7-6-14(15)10-20(19)32-3/h4-5,8-11,22H,6-7,12H2,1-3H3,(H2,27,28,29,30). The summed E-state index contributed by atoms with van der Waals surface area (Å²) in [6, 6.07) is 8.69. The van der Waals surface area contributed by atoms with Crippen LogP contribution in [0.3, 0.4) is 0 Å². The van der Waals surface area contributed by atoms with Crippen LogP contribution in [0.2, 0.25) is 5.02 Å². The number of fused-ring (bicyclic) bond motifs is 1. The van der Waals surface area contributed by atoms with E-state index in [-0.39, 0.29) is 5.75 Å². The van der Waals surface area contributed by atoms with Crippen LogP contribution < -0.4 is 20.1 Å². The molecule has 1 aliphatic rings. The lowest BCUT2D eigenvalue weighted by Gasteiger charge is -2.26. The highest BCUT2D eigenvalue weighted by molar-refractivity contribution is 6.32. The minimum atomic E-state index is -2.88. The number of halogens is 3. The third-order valence-corrected chi connectivity index (χ3v) is 5.67. The molecule has 2 aromatic carbocycles. The number of hydrogen-bond acceptors (Lipinski definition) is 7. The largest absolute Gasteiger partial charge is 0.495 e. The van der Waals surface area contributed by atoms with Crippen molar-refractivity contribution in [2.75, 3.05) is 31.3 Å². The lowest BCUT2D eigenvalue weighted by atomic mass is 9.99. The second-order valence-electron chi connectivity index (χ2n) is 7.80. The number of alkyl halides is 2. The Morgan fingerprint density at radius 2 is 1.94 bits per heavy atom. The molecule has 33 heavy (non-hydrogen) atoms. The molecular weight excluding hydrogens is 452 g/mol. The summed E-state index contributed by atoms with van der Waals surface area (Å²) in [6.45, 7) is 0.748. The highest BCUT2D eigenvalue weighted by atomic mass is 35.5. The summed E-state index contributed by atoms with van der Waals surface area (Å²) in [6.07, 6.45) is 2.45. The van der Waals surface area contributed by atoms with E-state index in [1.165, 1.54) is 29.5 Å². The van der Waals surface area contributed by atoms with Crippen LogP contribution in [0.1, 0.15) is 16.7 Å². The third-order valence-electron chi connectivity index (χ3n) is 5.39. The minimum Gasteiger partial charge on any atom is -0.495 e. The van der Waals surface area contributed by atoms with E-state index < -0.39 is 6.61 Å². The van der Waals surface area contributed by atoms with Crippen molar-refractivity contribution in [3.05, 3.63) is 58.2 Å². The summed E-state index contributed by atoms with van der Waals surface area (Å²) in [5.74, 6) is 1.49. The average Bonchev–Trinajstić information content (AvgIpc) is 2.77. The van der Waals surface area contributed by atoms with Gasteiger partial charge in [0.15, 0.2) is 5.82 Å². The Balaban J connectivity index is 1.58. The van der Waals surface area contributed by atoms with Crippen molar-refractivity contribution < 1.29 is 18.3 Å². The van der Waals surface area contributed by atoms with Crippen LogP contribution in [0.4, 0.5) is 31.9 Å². The Labute approximate surface area is 195 Å². The van der Waals surface area contributed by atoms with Crippen molar-refractivity contribution in [2.24, 2.45) is 0 Å². The van der Waals surface area contributed by atoms with Gasteiger partial charge in [0.2, 0.25) is 5.95 Å². The molecule has 7 nitrogen and oxygen atoms in total. The lowest BCUT2D eigenvalue weighted by molar-refractivity contribution is -0.0498. The van der Waals surface area contributed by atoms with Crippen molar-refractivity contribution in [2.45, 2.75) is 26.5 Å². The Morgan fingerprint density at radius 3 is 2.67 bits per heavy atom. The molecule has 4 rings (SSSR count). The van der Waals surface area contributed by atoms with Crippen LogP contribution in [-0.4, -0.2) is 42.2 Å². The predicted molar refractivity (Wildman–Crippen MR) is 124 cm³/mol. The van der Waals surface area contributed by atoms with Gasteiger partial charge in [0.25, 0.3) is 0 Å². The van der Waals surface area contributed by atoms with Crippen LogP contribution in [0, 0.1) is 6.92 Å². The molecule has 0 unspecified atom stereocenters. The molecule has 10 heteroatoms. The number of anilines is 4. The van der Waals surface area contributed by atoms with E-state index in [0.717, 1.165) is 25.2 Å². The van der Waals surface area contributed by atoms with Gasteiger partial charge in [0, 0.05) is 18.8 Å². The average molecular weight is 476 g/mol. The second kappa shape index (κ2) is 9.76. The molecular formula is C23H24ClF2N5O2. The van der Waals surface area contributed by atoms with Gasteiger partial charge in [-0.1, -0.05) is 11.6 Å². The molecule has 1 aromatic heterocycles. The quantitative estimate of drug-likeness (QED) is 0.466. The lowest BCUT2D eigenvalue weighted by Crippen LogP contribution is -2.26. The van der Waals surface area contributed by atoms with Gasteiger partial charge >= 0.3 is 6.61 Å². The molecule has 0 saturated carbocycles. The number of hydrogen-bond donors (Lipinski definition) is 2. The van der Waals surface area contributed by atoms with Gasteiger partial charge in [-0.25, -0.2) is 4.98 Å². The summed E-state index contributed by atoms with van der Waals surface area (Å²) in [5, 5.41) is 6.66. The first-order valence-electron chi connectivity index (χ1n) is 10.3. The van der Waals surface area contributed by atoms with E-state index in [0.29, 0.717) is 33.8 Å². The maximum absolute atomic E-state index is 12.5. The number of nitrogens with zero attached hydrogens (tertiary/aromatic N) is 3. The van der Waals surface area contributed by atoms with Crippen LogP contribution in [-0.2, 0) is 13.0 Å². The fourth-order valence-electron chi connectivity index (χ4n) is 3.71. The van der Waals surface area contributed by atoms with Crippen LogP contribution in [0.5, 0.6) is 11.5 Å². The van der Waals surface area contributed by atoms with Crippen LogP contribution in [0.15, 0.2) is 36.5 Å². The summed E-state index contributed by atoms with van der Waals surface area (Å²) < 4.78 is 34.9. The fourth-order valence-corrected chi connectivity index (χ4v) is 3.85. The number of aryl methyl sites for hydroxylation is 1. The van der Waals surface area contributed by atoms with Gasteiger partial charge in [-0.05, 0) is 67.4 Å². The minimum absolute atomic E-state index is 0.0781. The SMILES string of the molecule is COc1cc2c(cc1Nc1ncc(Cl)c(Nc3ccc(OC(F)F)cc3C)n1)CN(C)CC2. The summed E-state index contributed by atoms with van der Waals surface area (Å²) in [5.41, 5.74) is 4.59. The Hall–Kier alpha value is -3.17. The molecule has 0 fully saturated rings. The monoisotopic (exact) mass is 475 g/mol. The Kier molecular flexibility index (Phi) is 6.80. The number of nitrogens with one attached hydrogen (secondary N) is 2. The van der Waals surface area contributed by atoms with Crippen molar-refractivity contribution >= 4 is 34.7 Å². The van der Waals surface area contributed by atoms with Gasteiger partial charge in [-0.3, -0.25) is 0 Å². The van der Waals surface area contributed by atoms with Gasteiger partial charge in [0.05, 0.1) is 19.0 Å². The molecule has 2 heterocycles. The molecule has 0 aliphatic carbocycles. The fraction of sp³-hybridized carbons (Fsp3) is 0.304. The number of benzene rings is 2. The van der Waals surface area contributed by atoms with E-state index in [9.17, 15) is 8.78 Å². The summed E-state index contributed by atoms with van der Waals surface area (Å²) in [4.78, 5) is 11.0. The molecule has 0 amide bonds. The highest BCUT2D eigenvalue weighted by Crippen LogP contribution is 2.34. The van der Waals surface area contributed by atoms with Crippen LogP contribution >= 0.6 is 11.6 Å². The van der Waals surface area contributed by atoms with Crippen molar-refractivity contribution in [3.8, 4) is 11.5 Å². The molecule has 0 bridgehead atoms. The topological polar surface area (TPSA) is 71.5 Å². The molecule has 2 N–H and O–H groups in total. The molecule has 174 valence electrons. The van der Waals surface area contributed by atoms with Crippen molar-refractivity contribution in [1.82, 2.24) is 14.9 Å². The van der Waals surface area contributed by atoms with Gasteiger partial charge in [-0.15, -0.1) is 0 Å². The second-order valence-corrected chi connectivity index (χ2v) is 8.21. The zero-order chi connectivity index (χ0) is 23.5. The van der Waals surface area contributed by atoms with Gasteiger partial charge in [0.1, 0.15) is 16.5 Å². The van der Waals surface area contributed by atoms with Crippen molar-refractivity contribution in [3.63, 3.8) is 0 Å². The Bertz CT molecular complexity index is 1160. The maximum atomic E-state index is 12.5. The highest BCUT2D eigenvalue weighted by Gasteiger charge is 2.18. The molecule has 0 spiro atoms. The molecule has 0 atom stereocenters. The van der Waals surface area contributed by atoms with E-state index in [1.54, 1.807) is 20.1 Å². The number of aromatic nitrogens is 2. The predicted octanol–water partition coefficient (Wildman–Crippen LogP) is 5.52. The molecule has 0 saturated heterocycles. The van der Waals surface area contributed by atoms with E-state index >= 15 is 0 Å². The number of ether oxygens (including phenoxy) is 2. The smallest absolute Gasteiger partial charge is 0.387 e. The van der Waals surface area contributed by atoms with Gasteiger partial charge in [-0.2, -0.15) is 13.8 Å². The molecule has 1 aliphatic heterocycles. The van der Waals surface area contributed by atoms with E-state index in [1.807, 2.05) is 6.07 Å². The first kappa shape index (κ1) is 23.0. The molecule has 3 aromatic rings. The zero-order valence-electron chi connectivity index (χ0n) is 18.5. The third kappa shape index (κ3) is 5.43. The first-order valence-corrected chi connectivity index (χ1v) is 10.7. The van der Waals surface area contributed by atoms with Crippen LogP contribution in [0.25, 0.3) is 0 Å². The number of methoxy groups -OCH3 is 1. The maximum Gasteiger partial charge on any atom is 0.387 e. The zero-order valence-corrected chi connectivity index (χ0v) is 19.2. The Morgan fingerprint density at radius 1 is 1.12 bits per heavy atom. The van der Waals surface area contributed by atoms with Gasteiger partial charge < -0.3 is 25.0 Å².